The fraction of sp³-hybridized carbons (Fsp3) is 0.556. The second kappa shape index (κ2) is 7.21. The molecular weight excluding hydrogens is 310 g/mol. The number of hydrogen-bond acceptors (Lipinski definition) is 5. The molecule has 24 heavy (non-hydrogen) atoms. The lowest BCUT2D eigenvalue weighted by atomic mass is 10.0. The van der Waals surface area contributed by atoms with E-state index in [1.165, 1.54) is 4.90 Å². The molecule has 1 aromatic carbocycles. The predicted molar refractivity (Wildman–Crippen MR) is 88.6 cm³/mol. The molecule has 1 amide bonds. The quantitative estimate of drug-likeness (QED) is 0.859. The van der Waals surface area contributed by atoms with Crippen molar-refractivity contribution >= 4 is 12.1 Å². The van der Waals surface area contributed by atoms with E-state index < -0.39 is 29.8 Å². The van der Waals surface area contributed by atoms with E-state index in [9.17, 15) is 14.7 Å². The van der Waals surface area contributed by atoms with Gasteiger partial charge in [-0.1, -0.05) is 25.1 Å². The number of aliphatic hydroxyl groups excluding tert-OH is 1. The first kappa shape index (κ1) is 18.3. The van der Waals surface area contributed by atoms with E-state index in [0.29, 0.717) is 12.1 Å². The molecule has 1 heterocycles. The molecule has 0 aromatic heterocycles. The number of carbonyl (C=O) groups excluding carboxylic acids is 2. The topological polar surface area (TPSA) is 76.1 Å². The molecule has 0 radical (unpaired) electrons. The highest BCUT2D eigenvalue weighted by atomic mass is 16.6. The van der Waals surface area contributed by atoms with Crippen LogP contribution >= 0.6 is 0 Å². The second-order valence-corrected chi connectivity index (χ2v) is 7.10. The Morgan fingerprint density at radius 2 is 1.88 bits per heavy atom. The first-order valence-electron chi connectivity index (χ1n) is 8.09. The molecule has 2 rings (SSSR count). The van der Waals surface area contributed by atoms with Gasteiger partial charge in [-0.25, -0.2) is 9.59 Å². The third-order valence-corrected chi connectivity index (χ3v) is 3.89. The highest BCUT2D eigenvalue weighted by Gasteiger charge is 2.45. The minimum Gasteiger partial charge on any atom is -0.456 e. The smallest absolute Gasteiger partial charge is 0.410 e. The minimum atomic E-state index is -0.626. The van der Waals surface area contributed by atoms with Crippen molar-refractivity contribution in [1.82, 2.24) is 4.90 Å². The molecule has 0 unspecified atom stereocenters. The van der Waals surface area contributed by atoms with Crippen molar-refractivity contribution in [2.45, 2.75) is 45.4 Å². The van der Waals surface area contributed by atoms with Crippen LogP contribution in [-0.2, 0) is 9.47 Å². The van der Waals surface area contributed by atoms with Gasteiger partial charge in [0.15, 0.2) is 0 Å². The Hall–Kier alpha value is -2.08. The van der Waals surface area contributed by atoms with E-state index in [1.807, 2.05) is 13.0 Å². The third kappa shape index (κ3) is 4.26. The molecule has 1 aliphatic heterocycles. The van der Waals surface area contributed by atoms with Crippen LogP contribution in [0.1, 0.15) is 38.1 Å². The zero-order chi connectivity index (χ0) is 17.9. The molecule has 1 N–H and O–H groups in total. The Labute approximate surface area is 142 Å². The minimum absolute atomic E-state index is 0.0951. The summed E-state index contributed by atoms with van der Waals surface area (Å²) in [6.07, 6.45) is -1.08. The molecule has 0 saturated carbocycles. The van der Waals surface area contributed by atoms with Crippen molar-refractivity contribution in [1.29, 1.82) is 0 Å². The van der Waals surface area contributed by atoms with Gasteiger partial charge in [0.05, 0.1) is 18.2 Å². The van der Waals surface area contributed by atoms with Crippen LogP contribution in [0.2, 0.25) is 0 Å². The fourth-order valence-electron chi connectivity index (χ4n) is 2.80. The van der Waals surface area contributed by atoms with E-state index in [-0.39, 0.29) is 12.5 Å². The molecule has 1 fully saturated rings. The molecule has 132 valence electrons. The number of ether oxygens (including phenoxy) is 2. The van der Waals surface area contributed by atoms with Crippen LogP contribution in [0.5, 0.6) is 0 Å². The molecule has 0 aliphatic carbocycles. The first-order chi connectivity index (χ1) is 11.2. The van der Waals surface area contributed by atoms with E-state index >= 15 is 0 Å². The number of aliphatic hydroxyl groups is 1. The van der Waals surface area contributed by atoms with Gasteiger partial charge >= 0.3 is 12.1 Å². The summed E-state index contributed by atoms with van der Waals surface area (Å²) >= 11 is 0. The summed E-state index contributed by atoms with van der Waals surface area (Å²) in [6, 6.07) is 8.05. The third-order valence-electron chi connectivity index (χ3n) is 3.89. The molecule has 0 bridgehead atoms. The molecule has 3 atom stereocenters. The number of carbonyl (C=O) groups is 2. The Bertz CT molecular complexity index is 581. The highest BCUT2D eigenvalue weighted by Crippen LogP contribution is 2.28. The van der Waals surface area contributed by atoms with E-state index in [2.05, 4.69) is 0 Å². The van der Waals surface area contributed by atoms with Crippen molar-refractivity contribution in [2.75, 3.05) is 13.2 Å². The number of rotatable bonds is 3. The summed E-state index contributed by atoms with van der Waals surface area (Å²) in [4.78, 5) is 26.0. The van der Waals surface area contributed by atoms with E-state index in [4.69, 9.17) is 9.47 Å². The predicted octanol–water partition coefficient (Wildman–Crippen LogP) is 2.46. The maximum Gasteiger partial charge on any atom is 0.410 e. The average Bonchev–Trinajstić information content (AvgIpc) is 2.83. The molecular formula is C18H25NO5. The summed E-state index contributed by atoms with van der Waals surface area (Å²) < 4.78 is 11.0. The summed E-state index contributed by atoms with van der Waals surface area (Å²) in [6.45, 7) is 7.31. The highest BCUT2D eigenvalue weighted by molar-refractivity contribution is 5.89. The normalized spacial score (nSPS) is 23.9. The first-order valence-corrected chi connectivity index (χ1v) is 8.09. The largest absolute Gasteiger partial charge is 0.456 e. The lowest BCUT2D eigenvalue weighted by Crippen LogP contribution is -2.45. The average molecular weight is 335 g/mol. The maximum atomic E-state index is 12.3. The van der Waals surface area contributed by atoms with Crippen LogP contribution < -0.4 is 0 Å². The molecule has 0 spiro atoms. The Balaban J connectivity index is 2.10. The number of nitrogens with zero attached hydrogens (tertiary/aromatic N) is 1. The molecule has 1 aromatic rings. The fourth-order valence-corrected chi connectivity index (χ4v) is 2.80. The second-order valence-electron chi connectivity index (χ2n) is 7.10. The van der Waals surface area contributed by atoms with Crippen molar-refractivity contribution in [2.24, 2.45) is 5.92 Å². The summed E-state index contributed by atoms with van der Waals surface area (Å²) in [5.74, 6) is -0.556. The van der Waals surface area contributed by atoms with Crippen LogP contribution in [-0.4, -0.2) is 53.0 Å². The number of amides is 1. The van der Waals surface area contributed by atoms with Crippen molar-refractivity contribution in [3.05, 3.63) is 35.9 Å². The SMILES string of the molecule is C[C@H]1CN(C(=O)OC(C)(C)C)[C@H](CO)[C@H]1OC(=O)c1ccccc1. The van der Waals surface area contributed by atoms with Crippen molar-refractivity contribution < 1.29 is 24.2 Å². The Morgan fingerprint density at radius 3 is 2.42 bits per heavy atom. The van der Waals surface area contributed by atoms with Gasteiger partial charge in [0.25, 0.3) is 0 Å². The van der Waals surface area contributed by atoms with Crippen LogP contribution in [0, 0.1) is 5.92 Å². The maximum absolute atomic E-state index is 12.3. The van der Waals surface area contributed by atoms with Crippen LogP contribution in [0.25, 0.3) is 0 Å². The molecule has 1 aliphatic rings. The Kier molecular flexibility index (Phi) is 5.49. The monoisotopic (exact) mass is 335 g/mol. The van der Waals surface area contributed by atoms with Crippen LogP contribution in [0.4, 0.5) is 4.79 Å². The van der Waals surface area contributed by atoms with Crippen LogP contribution in [0.15, 0.2) is 30.3 Å². The van der Waals surface area contributed by atoms with Gasteiger partial charge in [-0.15, -0.1) is 0 Å². The van der Waals surface area contributed by atoms with Gasteiger partial charge in [-0.05, 0) is 32.9 Å². The Morgan fingerprint density at radius 1 is 1.25 bits per heavy atom. The summed E-state index contributed by atoms with van der Waals surface area (Å²) in [7, 11) is 0. The van der Waals surface area contributed by atoms with Gasteiger partial charge in [0.2, 0.25) is 0 Å². The van der Waals surface area contributed by atoms with Gasteiger partial charge in [-0.2, -0.15) is 0 Å². The molecule has 6 heteroatoms. The number of esters is 1. The summed E-state index contributed by atoms with van der Waals surface area (Å²) in [5, 5.41) is 9.71. The zero-order valence-corrected chi connectivity index (χ0v) is 14.6. The van der Waals surface area contributed by atoms with Gasteiger partial charge in [-0.3, -0.25) is 4.90 Å². The number of benzene rings is 1. The van der Waals surface area contributed by atoms with Gasteiger partial charge < -0.3 is 14.6 Å². The van der Waals surface area contributed by atoms with E-state index in [0.717, 1.165) is 0 Å². The summed E-state index contributed by atoms with van der Waals surface area (Å²) in [5.41, 5.74) is -0.184. The van der Waals surface area contributed by atoms with Gasteiger partial charge in [0.1, 0.15) is 11.7 Å². The van der Waals surface area contributed by atoms with Crippen LogP contribution in [0.3, 0.4) is 0 Å². The number of likely N-dealkylation sites (tertiary alicyclic amines) is 1. The zero-order valence-electron chi connectivity index (χ0n) is 14.6. The standard InChI is InChI=1S/C18H25NO5/c1-12-10-19(17(22)24-18(2,3)4)14(11-20)15(12)23-16(21)13-8-6-5-7-9-13/h5-9,12,14-15,20H,10-11H2,1-4H3/t12-,14+,15-/m0/s1. The van der Waals surface area contributed by atoms with Gasteiger partial charge in [0, 0.05) is 12.5 Å². The molecule has 6 nitrogen and oxygen atoms in total. The van der Waals surface area contributed by atoms with Crippen molar-refractivity contribution in [3.63, 3.8) is 0 Å². The van der Waals surface area contributed by atoms with Crippen molar-refractivity contribution in [3.8, 4) is 0 Å². The molecule has 1 saturated heterocycles. The lowest BCUT2D eigenvalue weighted by molar-refractivity contribution is -0.00928. The van der Waals surface area contributed by atoms with E-state index in [1.54, 1.807) is 45.0 Å². The lowest BCUT2D eigenvalue weighted by Gasteiger charge is -2.29. The number of hydrogen-bond donors (Lipinski definition) is 1.